The van der Waals surface area contributed by atoms with Gasteiger partial charge in [0.1, 0.15) is 11.5 Å². The first-order valence-electron chi connectivity index (χ1n) is 12.0. The maximum atomic E-state index is 13.3. The van der Waals surface area contributed by atoms with Gasteiger partial charge in [0.25, 0.3) is 11.7 Å². The summed E-state index contributed by atoms with van der Waals surface area (Å²) in [6, 6.07) is 12.2. The molecule has 186 valence electrons. The van der Waals surface area contributed by atoms with Crippen LogP contribution in [0.2, 0.25) is 0 Å². The van der Waals surface area contributed by atoms with Crippen LogP contribution in [0, 0.1) is 6.92 Å². The molecular formula is C27H31BrN2O5. The molecule has 0 radical (unpaired) electrons. The fourth-order valence-electron chi connectivity index (χ4n) is 4.70. The van der Waals surface area contributed by atoms with Crippen LogP contribution in [0.3, 0.4) is 0 Å². The molecule has 0 spiro atoms. The molecule has 2 aliphatic heterocycles. The Balaban J connectivity index is 1.68. The van der Waals surface area contributed by atoms with Gasteiger partial charge in [0.2, 0.25) is 0 Å². The predicted octanol–water partition coefficient (Wildman–Crippen LogP) is 4.30. The summed E-state index contributed by atoms with van der Waals surface area (Å²) in [4.78, 5) is 30.3. The summed E-state index contributed by atoms with van der Waals surface area (Å²) in [6.07, 6.45) is 0.724. The average molecular weight is 543 g/mol. The van der Waals surface area contributed by atoms with Gasteiger partial charge >= 0.3 is 0 Å². The molecule has 2 fully saturated rings. The highest BCUT2D eigenvalue weighted by Gasteiger charge is 2.46. The summed E-state index contributed by atoms with van der Waals surface area (Å²) in [5.41, 5.74) is 2.18. The maximum Gasteiger partial charge on any atom is 0.295 e. The molecule has 0 bridgehead atoms. The van der Waals surface area contributed by atoms with Crippen LogP contribution in [0.1, 0.15) is 36.1 Å². The van der Waals surface area contributed by atoms with E-state index in [2.05, 4.69) is 20.8 Å². The third-order valence-corrected chi connectivity index (χ3v) is 7.00. The normalized spacial score (nSPS) is 20.4. The highest BCUT2D eigenvalue weighted by molar-refractivity contribution is 9.10. The smallest absolute Gasteiger partial charge is 0.295 e. The second-order valence-electron chi connectivity index (χ2n) is 8.76. The highest BCUT2D eigenvalue weighted by Crippen LogP contribution is 2.40. The van der Waals surface area contributed by atoms with Crippen molar-refractivity contribution in [3.05, 3.63) is 69.2 Å². The Morgan fingerprint density at radius 1 is 1.11 bits per heavy atom. The van der Waals surface area contributed by atoms with Gasteiger partial charge in [-0.25, -0.2) is 0 Å². The second kappa shape index (κ2) is 11.4. The molecule has 0 saturated carbocycles. The molecule has 7 nitrogen and oxygen atoms in total. The number of Topliss-reactive ketones (excluding diaryl/α,β-unsaturated/α-hetero) is 1. The zero-order chi connectivity index (χ0) is 24.9. The van der Waals surface area contributed by atoms with Crippen molar-refractivity contribution >= 4 is 33.4 Å². The number of hydrogen-bond donors (Lipinski definition) is 1. The molecule has 0 aromatic heterocycles. The lowest BCUT2D eigenvalue weighted by Gasteiger charge is -2.29. The summed E-state index contributed by atoms with van der Waals surface area (Å²) in [5.74, 6) is -0.706. The number of hydrogen-bond acceptors (Lipinski definition) is 6. The number of rotatable bonds is 8. The van der Waals surface area contributed by atoms with E-state index in [1.165, 1.54) is 0 Å². The maximum absolute atomic E-state index is 13.3. The van der Waals surface area contributed by atoms with Crippen LogP contribution in [0.25, 0.3) is 5.76 Å². The molecule has 2 aromatic rings. The number of carbonyl (C=O) groups excluding carboxylic acids is 2. The third kappa shape index (κ3) is 5.60. The summed E-state index contributed by atoms with van der Waals surface area (Å²) in [6.45, 7) is 8.68. The Labute approximate surface area is 214 Å². The van der Waals surface area contributed by atoms with Crippen LogP contribution in [0.4, 0.5) is 0 Å². The number of likely N-dealkylation sites (tertiary alicyclic amines) is 1. The van der Waals surface area contributed by atoms with E-state index in [-0.39, 0.29) is 11.3 Å². The number of aliphatic hydroxyl groups excluding tert-OH is 1. The zero-order valence-electron chi connectivity index (χ0n) is 20.1. The van der Waals surface area contributed by atoms with Crippen LogP contribution >= 0.6 is 15.9 Å². The Kier molecular flexibility index (Phi) is 8.26. The van der Waals surface area contributed by atoms with Gasteiger partial charge in [-0.15, -0.1) is 0 Å². The SMILES string of the molecule is CCOc1ccc(C(O)=C2C(=O)C(=O)N(CCCN3CCOCC3)[C@H]2c2ccc(Br)cc2)c(C)c1. The quantitative estimate of drug-likeness (QED) is 0.304. The number of morpholine rings is 1. The Hall–Kier alpha value is -2.68. The van der Waals surface area contributed by atoms with Crippen LogP contribution in [0.5, 0.6) is 5.75 Å². The van der Waals surface area contributed by atoms with Gasteiger partial charge < -0.3 is 19.5 Å². The molecule has 2 aromatic carbocycles. The number of ketones is 1. The number of ether oxygens (including phenoxy) is 2. The zero-order valence-corrected chi connectivity index (χ0v) is 21.7. The lowest BCUT2D eigenvalue weighted by atomic mass is 9.94. The molecule has 2 heterocycles. The molecule has 2 aliphatic rings. The van der Waals surface area contributed by atoms with Crippen LogP contribution < -0.4 is 4.74 Å². The minimum Gasteiger partial charge on any atom is -0.507 e. The molecule has 0 aliphatic carbocycles. The van der Waals surface area contributed by atoms with E-state index in [0.29, 0.717) is 37.7 Å². The summed E-state index contributed by atoms with van der Waals surface area (Å²) in [7, 11) is 0. The van der Waals surface area contributed by atoms with Gasteiger partial charge in [-0.1, -0.05) is 28.1 Å². The van der Waals surface area contributed by atoms with E-state index >= 15 is 0 Å². The standard InChI is InChI=1S/C27H31BrN2O5/c1-3-35-21-9-10-22(18(2)17-21)25(31)23-24(19-5-7-20(28)8-6-19)30(27(33)26(23)32)12-4-11-29-13-15-34-16-14-29/h5-10,17,24,31H,3-4,11-16H2,1-2H3/t24-/m0/s1. The number of carbonyl (C=O) groups is 2. The highest BCUT2D eigenvalue weighted by atomic mass is 79.9. The molecular weight excluding hydrogens is 512 g/mol. The van der Waals surface area contributed by atoms with E-state index < -0.39 is 17.7 Å². The Morgan fingerprint density at radius 2 is 1.83 bits per heavy atom. The molecule has 2 saturated heterocycles. The topological polar surface area (TPSA) is 79.3 Å². The number of amides is 1. The molecule has 4 rings (SSSR count). The monoisotopic (exact) mass is 542 g/mol. The van der Waals surface area contributed by atoms with Crippen molar-refractivity contribution < 1.29 is 24.2 Å². The molecule has 1 amide bonds. The first kappa shape index (κ1) is 25.4. The lowest BCUT2D eigenvalue weighted by Crippen LogP contribution is -2.38. The largest absolute Gasteiger partial charge is 0.507 e. The van der Waals surface area contributed by atoms with Gasteiger partial charge in [-0.2, -0.15) is 0 Å². The van der Waals surface area contributed by atoms with Gasteiger partial charge in [0.15, 0.2) is 0 Å². The van der Waals surface area contributed by atoms with Gasteiger partial charge in [-0.05, 0) is 61.7 Å². The molecule has 0 unspecified atom stereocenters. The lowest BCUT2D eigenvalue weighted by molar-refractivity contribution is -0.140. The first-order valence-corrected chi connectivity index (χ1v) is 12.8. The summed E-state index contributed by atoms with van der Waals surface area (Å²) >= 11 is 3.45. The third-order valence-electron chi connectivity index (χ3n) is 6.47. The van der Waals surface area contributed by atoms with Gasteiger partial charge in [0, 0.05) is 36.2 Å². The van der Waals surface area contributed by atoms with E-state index in [1.54, 1.807) is 17.0 Å². The number of halogens is 1. The van der Waals surface area contributed by atoms with Crippen LogP contribution in [0.15, 0.2) is 52.5 Å². The van der Waals surface area contributed by atoms with Crippen molar-refractivity contribution in [1.29, 1.82) is 0 Å². The van der Waals surface area contributed by atoms with Crippen molar-refractivity contribution in [2.75, 3.05) is 46.0 Å². The van der Waals surface area contributed by atoms with E-state index in [0.717, 1.165) is 41.7 Å². The van der Waals surface area contributed by atoms with Crippen molar-refractivity contribution in [3.63, 3.8) is 0 Å². The fraction of sp³-hybridized carbons (Fsp3) is 0.407. The minimum atomic E-state index is -0.657. The van der Waals surface area contributed by atoms with E-state index in [1.807, 2.05) is 44.2 Å². The molecule has 35 heavy (non-hydrogen) atoms. The fourth-order valence-corrected chi connectivity index (χ4v) is 4.96. The second-order valence-corrected chi connectivity index (χ2v) is 9.68. The van der Waals surface area contributed by atoms with Gasteiger partial charge in [0.05, 0.1) is 31.4 Å². The molecule has 1 atom stereocenters. The Bertz CT molecular complexity index is 1110. The van der Waals surface area contributed by atoms with Crippen molar-refractivity contribution in [1.82, 2.24) is 9.80 Å². The molecule has 1 N–H and O–H groups in total. The summed E-state index contributed by atoms with van der Waals surface area (Å²) < 4.78 is 11.9. The summed E-state index contributed by atoms with van der Waals surface area (Å²) in [5, 5.41) is 11.4. The first-order chi connectivity index (χ1) is 16.9. The van der Waals surface area contributed by atoms with Crippen molar-refractivity contribution in [2.45, 2.75) is 26.3 Å². The number of aliphatic hydroxyl groups is 1. The number of nitrogens with zero attached hydrogens (tertiary/aromatic N) is 2. The van der Waals surface area contributed by atoms with Crippen LogP contribution in [-0.2, 0) is 14.3 Å². The Morgan fingerprint density at radius 3 is 2.49 bits per heavy atom. The van der Waals surface area contributed by atoms with Crippen LogP contribution in [-0.4, -0.2) is 72.6 Å². The number of benzene rings is 2. The van der Waals surface area contributed by atoms with E-state index in [4.69, 9.17) is 9.47 Å². The van der Waals surface area contributed by atoms with Crippen molar-refractivity contribution in [3.8, 4) is 5.75 Å². The molecule has 8 heteroatoms. The average Bonchev–Trinajstić information content (AvgIpc) is 3.10. The number of aryl methyl sites for hydroxylation is 1. The predicted molar refractivity (Wildman–Crippen MR) is 137 cm³/mol. The van der Waals surface area contributed by atoms with Gasteiger partial charge in [-0.3, -0.25) is 14.5 Å². The van der Waals surface area contributed by atoms with Crippen molar-refractivity contribution in [2.24, 2.45) is 0 Å². The minimum absolute atomic E-state index is 0.121. The van der Waals surface area contributed by atoms with E-state index in [9.17, 15) is 14.7 Å².